The molecular weight excluding hydrogens is 314 g/mol. The van der Waals surface area contributed by atoms with Crippen LogP contribution in [0, 0.1) is 19.3 Å². The zero-order valence-electron chi connectivity index (χ0n) is 14.8. The van der Waals surface area contributed by atoms with Crippen molar-refractivity contribution in [2.24, 2.45) is 5.41 Å². The number of methoxy groups -OCH3 is 1. The predicted octanol–water partition coefficient (Wildman–Crippen LogP) is 2.86. The van der Waals surface area contributed by atoms with Crippen molar-refractivity contribution >= 4 is 15.7 Å². The SMILES string of the molecule is COCCn1nc(C)c(NS(=O)(=O)C2CCC(C)(C)CC2)c1C. The van der Waals surface area contributed by atoms with Crippen molar-refractivity contribution < 1.29 is 13.2 Å². The first kappa shape index (κ1) is 18.3. The summed E-state index contributed by atoms with van der Waals surface area (Å²) in [5, 5.41) is 4.10. The van der Waals surface area contributed by atoms with Gasteiger partial charge < -0.3 is 4.74 Å². The van der Waals surface area contributed by atoms with E-state index in [9.17, 15) is 8.42 Å². The zero-order valence-corrected chi connectivity index (χ0v) is 15.7. The standard InChI is InChI=1S/C16H29N3O3S/c1-12-15(13(2)19(17-12)10-11-22-5)18-23(20,21)14-6-8-16(3,4)9-7-14/h14,18H,6-11H2,1-5H3. The quantitative estimate of drug-likeness (QED) is 0.862. The second-order valence-electron chi connectivity index (χ2n) is 7.27. The Balaban J connectivity index is 2.13. The molecule has 1 aromatic heterocycles. The minimum absolute atomic E-state index is 0.253. The van der Waals surface area contributed by atoms with Crippen molar-refractivity contribution in [3.05, 3.63) is 11.4 Å². The molecular formula is C16H29N3O3S. The maximum Gasteiger partial charge on any atom is 0.235 e. The number of aryl methyl sites for hydroxylation is 1. The lowest BCUT2D eigenvalue weighted by Crippen LogP contribution is -2.34. The van der Waals surface area contributed by atoms with Crippen LogP contribution in [0.5, 0.6) is 0 Å². The summed E-state index contributed by atoms with van der Waals surface area (Å²) >= 11 is 0. The van der Waals surface area contributed by atoms with Crippen LogP contribution in [0.2, 0.25) is 0 Å². The monoisotopic (exact) mass is 343 g/mol. The number of anilines is 1. The van der Waals surface area contributed by atoms with Crippen LogP contribution in [-0.2, 0) is 21.3 Å². The summed E-state index contributed by atoms with van der Waals surface area (Å²) in [5.41, 5.74) is 2.41. The molecule has 6 nitrogen and oxygen atoms in total. The summed E-state index contributed by atoms with van der Waals surface area (Å²) in [6.45, 7) is 9.29. The molecule has 0 bridgehead atoms. The Hall–Kier alpha value is -1.08. The van der Waals surface area contributed by atoms with E-state index in [-0.39, 0.29) is 10.7 Å². The predicted molar refractivity (Wildman–Crippen MR) is 92.2 cm³/mol. The van der Waals surface area contributed by atoms with Gasteiger partial charge >= 0.3 is 0 Å². The molecule has 0 saturated heterocycles. The van der Waals surface area contributed by atoms with Crippen molar-refractivity contribution in [3.8, 4) is 0 Å². The van der Waals surface area contributed by atoms with E-state index in [1.807, 2.05) is 13.8 Å². The highest BCUT2D eigenvalue weighted by atomic mass is 32.2. The number of hydrogen-bond donors (Lipinski definition) is 1. The molecule has 1 saturated carbocycles. The minimum atomic E-state index is -3.37. The van der Waals surface area contributed by atoms with Crippen molar-refractivity contribution in [2.45, 2.75) is 65.2 Å². The second-order valence-corrected chi connectivity index (χ2v) is 9.23. The molecule has 23 heavy (non-hydrogen) atoms. The molecule has 7 heteroatoms. The van der Waals surface area contributed by atoms with Crippen LogP contribution in [0.1, 0.15) is 50.9 Å². The molecule has 1 aliphatic carbocycles. The average Bonchev–Trinajstić information content (AvgIpc) is 2.72. The van der Waals surface area contributed by atoms with Gasteiger partial charge in [0.2, 0.25) is 10.0 Å². The normalized spacial score (nSPS) is 19.0. The van der Waals surface area contributed by atoms with Gasteiger partial charge in [-0.3, -0.25) is 9.40 Å². The summed E-state index contributed by atoms with van der Waals surface area (Å²) in [7, 11) is -1.73. The summed E-state index contributed by atoms with van der Waals surface area (Å²) in [6, 6.07) is 0. The van der Waals surface area contributed by atoms with Crippen molar-refractivity contribution in [1.29, 1.82) is 0 Å². The van der Waals surface area contributed by atoms with Gasteiger partial charge in [0.25, 0.3) is 0 Å². The highest BCUT2D eigenvalue weighted by Crippen LogP contribution is 2.38. The highest BCUT2D eigenvalue weighted by molar-refractivity contribution is 7.93. The lowest BCUT2D eigenvalue weighted by molar-refractivity contribution is 0.182. The van der Waals surface area contributed by atoms with E-state index in [4.69, 9.17) is 4.74 Å². The van der Waals surface area contributed by atoms with Gasteiger partial charge in [-0.25, -0.2) is 8.42 Å². The Morgan fingerprint density at radius 3 is 2.48 bits per heavy atom. The summed E-state index contributed by atoms with van der Waals surface area (Å²) in [5.74, 6) is 0. The molecule has 0 unspecified atom stereocenters. The maximum atomic E-state index is 12.7. The molecule has 0 amide bonds. The summed E-state index contributed by atoms with van der Waals surface area (Å²) < 4.78 is 35.1. The van der Waals surface area contributed by atoms with Gasteiger partial charge in [0, 0.05) is 7.11 Å². The molecule has 0 spiro atoms. The number of nitrogens with zero attached hydrogens (tertiary/aromatic N) is 2. The molecule has 1 aromatic rings. The average molecular weight is 343 g/mol. The fraction of sp³-hybridized carbons (Fsp3) is 0.812. The number of rotatable bonds is 6. The molecule has 0 aliphatic heterocycles. The van der Waals surface area contributed by atoms with Crippen LogP contribution in [0.4, 0.5) is 5.69 Å². The fourth-order valence-corrected chi connectivity index (χ4v) is 4.75. The lowest BCUT2D eigenvalue weighted by Gasteiger charge is -2.33. The van der Waals surface area contributed by atoms with E-state index in [1.54, 1.807) is 11.8 Å². The molecule has 0 radical (unpaired) electrons. The molecule has 0 aromatic carbocycles. The van der Waals surface area contributed by atoms with Crippen molar-refractivity contribution in [2.75, 3.05) is 18.4 Å². The van der Waals surface area contributed by atoms with Crippen LogP contribution in [0.25, 0.3) is 0 Å². The first-order valence-corrected chi connectivity index (χ1v) is 9.75. The molecule has 2 rings (SSSR count). The smallest absolute Gasteiger partial charge is 0.235 e. The van der Waals surface area contributed by atoms with Gasteiger partial charge in [-0.1, -0.05) is 13.8 Å². The van der Waals surface area contributed by atoms with E-state index >= 15 is 0 Å². The molecule has 1 fully saturated rings. The Morgan fingerprint density at radius 2 is 1.91 bits per heavy atom. The Morgan fingerprint density at radius 1 is 1.30 bits per heavy atom. The third-order valence-corrected chi connectivity index (χ3v) is 6.70. The van der Waals surface area contributed by atoms with Gasteiger partial charge in [-0.2, -0.15) is 5.10 Å². The largest absolute Gasteiger partial charge is 0.383 e. The Bertz CT molecular complexity index is 640. The van der Waals surface area contributed by atoms with Gasteiger partial charge in [0.15, 0.2) is 0 Å². The van der Waals surface area contributed by atoms with Crippen molar-refractivity contribution in [3.63, 3.8) is 0 Å². The van der Waals surface area contributed by atoms with Gasteiger partial charge in [0.05, 0.1) is 35.5 Å². The third kappa shape index (κ3) is 4.26. The van der Waals surface area contributed by atoms with Crippen LogP contribution >= 0.6 is 0 Å². The van der Waals surface area contributed by atoms with E-state index in [2.05, 4.69) is 23.7 Å². The summed E-state index contributed by atoms with van der Waals surface area (Å²) in [4.78, 5) is 0. The number of hydrogen-bond acceptors (Lipinski definition) is 4. The first-order chi connectivity index (χ1) is 10.7. The topological polar surface area (TPSA) is 73.2 Å². The van der Waals surface area contributed by atoms with Gasteiger partial charge in [0.1, 0.15) is 0 Å². The van der Waals surface area contributed by atoms with Gasteiger partial charge in [-0.05, 0) is 44.9 Å². The zero-order chi connectivity index (χ0) is 17.3. The van der Waals surface area contributed by atoms with Crippen molar-refractivity contribution in [1.82, 2.24) is 9.78 Å². The molecule has 1 heterocycles. The van der Waals surface area contributed by atoms with E-state index in [0.29, 0.717) is 24.5 Å². The van der Waals surface area contributed by atoms with E-state index in [0.717, 1.165) is 31.4 Å². The number of ether oxygens (including phenoxy) is 1. The Labute approximate surface area is 139 Å². The minimum Gasteiger partial charge on any atom is -0.383 e. The maximum absolute atomic E-state index is 12.7. The second kappa shape index (κ2) is 6.81. The van der Waals surface area contributed by atoms with Crippen LogP contribution < -0.4 is 4.72 Å². The summed E-state index contributed by atoms with van der Waals surface area (Å²) in [6.07, 6.45) is 3.34. The fourth-order valence-electron chi connectivity index (χ4n) is 3.15. The Kier molecular flexibility index (Phi) is 5.41. The molecule has 132 valence electrons. The molecule has 1 aliphatic rings. The third-order valence-electron chi connectivity index (χ3n) is 4.86. The number of aromatic nitrogens is 2. The van der Waals surface area contributed by atoms with Crippen LogP contribution in [0.3, 0.4) is 0 Å². The first-order valence-electron chi connectivity index (χ1n) is 8.21. The number of sulfonamides is 1. The van der Waals surface area contributed by atoms with Crippen LogP contribution in [-0.4, -0.2) is 37.2 Å². The van der Waals surface area contributed by atoms with Crippen LogP contribution in [0.15, 0.2) is 0 Å². The van der Waals surface area contributed by atoms with Gasteiger partial charge in [-0.15, -0.1) is 0 Å². The van der Waals surface area contributed by atoms with E-state index < -0.39 is 10.0 Å². The molecule has 1 N–H and O–H groups in total. The lowest BCUT2D eigenvalue weighted by atomic mass is 9.77. The van der Waals surface area contributed by atoms with E-state index in [1.165, 1.54) is 0 Å². The highest BCUT2D eigenvalue weighted by Gasteiger charge is 2.34. The number of nitrogens with one attached hydrogen (secondary N) is 1. The molecule has 0 atom stereocenters.